The standard InChI is InChI=1S/C20H26ClN3O3/c1-3-9-27-19-17(21)10-15(11-18(19)26-4-2)13-23-12-14-5-7-16(8-6-14)24-20(22)25/h5-8,10-11,23H,3-4,9,12-13H2,1-2H3,(H3,22,24,25). The van der Waals surface area contributed by atoms with Crippen molar-refractivity contribution in [3.05, 3.63) is 52.5 Å². The minimum Gasteiger partial charge on any atom is -0.490 e. The zero-order valence-electron chi connectivity index (χ0n) is 15.7. The molecule has 0 aliphatic carbocycles. The van der Waals surface area contributed by atoms with Gasteiger partial charge in [-0.25, -0.2) is 4.79 Å². The summed E-state index contributed by atoms with van der Waals surface area (Å²) in [5.41, 5.74) is 7.87. The highest BCUT2D eigenvalue weighted by Crippen LogP contribution is 2.36. The van der Waals surface area contributed by atoms with Gasteiger partial charge in [-0.2, -0.15) is 0 Å². The molecule has 2 aromatic rings. The van der Waals surface area contributed by atoms with Crippen LogP contribution in [0.2, 0.25) is 5.02 Å². The minimum absolute atomic E-state index is 0.543. The van der Waals surface area contributed by atoms with Gasteiger partial charge >= 0.3 is 6.03 Å². The highest BCUT2D eigenvalue weighted by molar-refractivity contribution is 6.32. The van der Waals surface area contributed by atoms with E-state index in [9.17, 15) is 4.79 Å². The number of rotatable bonds is 10. The second-order valence-electron chi connectivity index (χ2n) is 5.98. The number of nitrogens with one attached hydrogen (secondary N) is 2. The number of nitrogens with two attached hydrogens (primary N) is 1. The number of anilines is 1. The smallest absolute Gasteiger partial charge is 0.316 e. The van der Waals surface area contributed by atoms with Crippen molar-refractivity contribution in [1.82, 2.24) is 5.32 Å². The first-order valence-electron chi connectivity index (χ1n) is 8.97. The normalized spacial score (nSPS) is 10.5. The van der Waals surface area contributed by atoms with E-state index in [4.69, 9.17) is 26.8 Å². The van der Waals surface area contributed by atoms with Crippen molar-refractivity contribution in [3.63, 3.8) is 0 Å². The molecule has 0 saturated carbocycles. The maximum atomic E-state index is 10.8. The quantitative estimate of drug-likeness (QED) is 0.563. The fraction of sp³-hybridized carbons (Fsp3) is 0.350. The molecule has 0 fully saturated rings. The maximum absolute atomic E-state index is 10.8. The lowest BCUT2D eigenvalue weighted by molar-refractivity contribution is 0.259. The van der Waals surface area contributed by atoms with Gasteiger partial charge in [-0.1, -0.05) is 30.7 Å². The molecule has 146 valence electrons. The van der Waals surface area contributed by atoms with Crippen molar-refractivity contribution in [2.24, 2.45) is 5.73 Å². The Morgan fingerprint density at radius 3 is 2.41 bits per heavy atom. The highest BCUT2D eigenvalue weighted by Gasteiger charge is 2.12. The van der Waals surface area contributed by atoms with Gasteiger partial charge in [0.05, 0.1) is 18.2 Å². The number of carbonyl (C=O) groups excluding carboxylic acids is 1. The van der Waals surface area contributed by atoms with E-state index in [2.05, 4.69) is 10.6 Å². The van der Waals surface area contributed by atoms with Gasteiger partial charge in [0, 0.05) is 18.8 Å². The molecule has 0 radical (unpaired) electrons. The Labute approximate surface area is 165 Å². The molecule has 0 heterocycles. The van der Waals surface area contributed by atoms with E-state index < -0.39 is 6.03 Å². The van der Waals surface area contributed by atoms with Crippen molar-refractivity contribution in [2.75, 3.05) is 18.5 Å². The lowest BCUT2D eigenvalue weighted by Gasteiger charge is -2.15. The number of ether oxygens (including phenoxy) is 2. The first-order chi connectivity index (χ1) is 13.0. The third kappa shape index (κ3) is 6.66. The molecule has 0 saturated heterocycles. The molecular formula is C20H26ClN3O3. The lowest BCUT2D eigenvalue weighted by atomic mass is 10.1. The number of halogens is 1. The van der Waals surface area contributed by atoms with E-state index in [1.165, 1.54) is 0 Å². The van der Waals surface area contributed by atoms with E-state index in [1.54, 1.807) is 0 Å². The van der Waals surface area contributed by atoms with Crippen molar-refractivity contribution in [2.45, 2.75) is 33.4 Å². The molecule has 7 heteroatoms. The molecule has 2 rings (SSSR count). The van der Waals surface area contributed by atoms with E-state index in [0.717, 1.165) is 17.5 Å². The summed E-state index contributed by atoms with van der Waals surface area (Å²) >= 11 is 6.38. The van der Waals surface area contributed by atoms with Crippen molar-refractivity contribution in [3.8, 4) is 11.5 Å². The van der Waals surface area contributed by atoms with Gasteiger partial charge in [0.2, 0.25) is 0 Å². The van der Waals surface area contributed by atoms with Crippen molar-refractivity contribution < 1.29 is 14.3 Å². The van der Waals surface area contributed by atoms with Crippen LogP contribution in [0.5, 0.6) is 11.5 Å². The SMILES string of the molecule is CCCOc1c(Cl)cc(CNCc2ccc(NC(N)=O)cc2)cc1OCC. The number of benzene rings is 2. The van der Waals surface area contributed by atoms with Gasteiger partial charge in [-0.15, -0.1) is 0 Å². The van der Waals surface area contributed by atoms with Crippen LogP contribution >= 0.6 is 11.6 Å². The van der Waals surface area contributed by atoms with Crippen LogP contribution in [0.3, 0.4) is 0 Å². The largest absolute Gasteiger partial charge is 0.490 e. The van der Waals surface area contributed by atoms with Gasteiger partial charge in [0.25, 0.3) is 0 Å². The fourth-order valence-electron chi connectivity index (χ4n) is 2.53. The molecule has 0 unspecified atom stereocenters. The first kappa shape index (κ1) is 20.9. The van der Waals surface area contributed by atoms with Gasteiger partial charge in [0.15, 0.2) is 11.5 Å². The molecule has 4 N–H and O–H groups in total. The Morgan fingerprint density at radius 2 is 1.78 bits per heavy atom. The summed E-state index contributed by atoms with van der Waals surface area (Å²) < 4.78 is 11.4. The highest BCUT2D eigenvalue weighted by atomic mass is 35.5. The summed E-state index contributed by atoms with van der Waals surface area (Å²) in [5, 5.41) is 6.46. The molecule has 6 nitrogen and oxygen atoms in total. The molecule has 0 aromatic heterocycles. The lowest BCUT2D eigenvalue weighted by Crippen LogP contribution is -2.19. The number of amides is 2. The Hall–Kier alpha value is -2.44. The second kappa shape index (κ2) is 10.6. The summed E-state index contributed by atoms with van der Waals surface area (Å²) in [4.78, 5) is 10.8. The predicted octanol–water partition coefficient (Wildman–Crippen LogP) is 4.31. The van der Waals surface area contributed by atoms with E-state index in [-0.39, 0.29) is 0 Å². The number of hydrogen-bond acceptors (Lipinski definition) is 4. The van der Waals surface area contributed by atoms with Crippen molar-refractivity contribution >= 4 is 23.3 Å². The summed E-state index contributed by atoms with van der Waals surface area (Å²) in [5.74, 6) is 1.26. The molecule has 0 spiro atoms. The van der Waals surface area contributed by atoms with Crippen LogP contribution in [0.1, 0.15) is 31.4 Å². The van der Waals surface area contributed by atoms with Crippen LogP contribution in [0, 0.1) is 0 Å². The van der Waals surface area contributed by atoms with Crippen LogP contribution in [0.4, 0.5) is 10.5 Å². The molecule has 0 atom stereocenters. The average Bonchev–Trinajstić information content (AvgIpc) is 2.62. The first-order valence-corrected chi connectivity index (χ1v) is 9.35. The van der Waals surface area contributed by atoms with E-state index in [0.29, 0.717) is 48.5 Å². The van der Waals surface area contributed by atoms with E-state index in [1.807, 2.05) is 50.2 Å². The zero-order chi connectivity index (χ0) is 19.6. The average molecular weight is 392 g/mol. The third-order valence-corrected chi connectivity index (χ3v) is 3.98. The van der Waals surface area contributed by atoms with Crippen LogP contribution < -0.4 is 25.8 Å². The summed E-state index contributed by atoms with van der Waals surface area (Å²) in [7, 11) is 0. The fourth-order valence-corrected chi connectivity index (χ4v) is 2.82. The molecular weight excluding hydrogens is 366 g/mol. The Balaban J connectivity index is 1.97. The van der Waals surface area contributed by atoms with Crippen LogP contribution in [0.25, 0.3) is 0 Å². The van der Waals surface area contributed by atoms with Gasteiger partial charge < -0.3 is 25.8 Å². The van der Waals surface area contributed by atoms with Gasteiger partial charge in [0.1, 0.15) is 0 Å². The summed E-state index contributed by atoms with van der Waals surface area (Å²) in [6, 6.07) is 10.7. The van der Waals surface area contributed by atoms with Gasteiger partial charge in [-0.05, 0) is 48.7 Å². The Morgan fingerprint density at radius 1 is 1.07 bits per heavy atom. The second-order valence-corrected chi connectivity index (χ2v) is 6.38. The summed E-state index contributed by atoms with van der Waals surface area (Å²) in [6.45, 7) is 6.42. The zero-order valence-corrected chi connectivity index (χ0v) is 16.4. The number of urea groups is 1. The third-order valence-electron chi connectivity index (χ3n) is 3.70. The minimum atomic E-state index is -0.575. The van der Waals surface area contributed by atoms with Gasteiger partial charge in [-0.3, -0.25) is 0 Å². The predicted molar refractivity (Wildman–Crippen MR) is 109 cm³/mol. The van der Waals surface area contributed by atoms with E-state index >= 15 is 0 Å². The molecule has 27 heavy (non-hydrogen) atoms. The number of primary amides is 1. The number of hydrogen-bond donors (Lipinski definition) is 3. The topological polar surface area (TPSA) is 85.6 Å². The van der Waals surface area contributed by atoms with Crippen LogP contribution in [-0.2, 0) is 13.1 Å². The summed E-state index contributed by atoms with van der Waals surface area (Å²) in [6.07, 6.45) is 0.902. The number of carbonyl (C=O) groups is 1. The molecule has 0 aliphatic heterocycles. The molecule has 2 amide bonds. The molecule has 2 aromatic carbocycles. The van der Waals surface area contributed by atoms with Crippen LogP contribution in [-0.4, -0.2) is 19.2 Å². The maximum Gasteiger partial charge on any atom is 0.316 e. The monoisotopic (exact) mass is 391 g/mol. The Kier molecular flexibility index (Phi) is 8.23. The Bertz CT molecular complexity index is 751. The molecule has 0 aliphatic rings. The van der Waals surface area contributed by atoms with Crippen molar-refractivity contribution in [1.29, 1.82) is 0 Å². The molecule has 0 bridgehead atoms. The van der Waals surface area contributed by atoms with Crippen LogP contribution in [0.15, 0.2) is 36.4 Å².